The Morgan fingerprint density at radius 3 is 1.66 bits per heavy atom. The van der Waals surface area contributed by atoms with Crippen LogP contribution in [-0.4, -0.2) is 85.9 Å². The van der Waals surface area contributed by atoms with Crippen molar-refractivity contribution in [3.8, 4) is 11.1 Å². The zero-order valence-electron chi connectivity index (χ0n) is 37.7. The first-order valence-corrected chi connectivity index (χ1v) is 23.5. The minimum atomic E-state index is -0.383. The maximum absolute atomic E-state index is 11.0. The van der Waals surface area contributed by atoms with Crippen molar-refractivity contribution in [2.45, 2.75) is 58.7 Å². The molecule has 0 atom stereocenters. The highest BCUT2D eigenvalue weighted by molar-refractivity contribution is 9.11. The highest BCUT2D eigenvalue weighted by Crippen LogP contribution is 2.36. The van der Waals surface area contributed by atoms with Crippen molar-refractivity contribution in [1.29, 1.82) is 0 Å². The Morgan fingerprint density at radius 1 is 0.662 bits per heavy atom. The van der Waals surface area contributed by atoms with E-state index in [9.17, 15) is 14.4 Å². The molecular weight excluding hydrogens is 1040 g/mol. The number of H-pyrrole nitrogens is 3. The molecule has 68 heavy (non-hydrogen) atoms. The van der Waals surface area contributed by atoms with Crippen molar-refractivity contribution in [2.24, 2.45) is 17.2 Å². The van der Waals surface area contributed by atoms with Crippen LogP contribution < -0.4 is 34.1 Å². The number of hydrogen-bond acceptors (Lipinski definition) is 14. The van der Waals surface area contributed by atoms with Crippen LogP contribution in [0.2, 0.25) is 0 Å². The third-order valence-corrected chi connectivity index (χ3v) is 12.7. The van der Waals surface area contributed by atoms with Gasteiger partial charge >= 0.3 is 7.12 Å². The maximum Gasteiger partial charge on any atom is 0.495 e. The van der Waals surface area contributed by atoms with Crippen LogP contribution in [0.25, 0.3) is 44.2 Å². The zero-order chi connectivity index (χ0) is 49.8. The monoisotopic (exact) mass is 1090 g/mol. The Labute approximate surface area is 418 Å². The van der Waals surface area contributed by atoms with E-state index in [1.165, 1.54) is 11.8 Å². The van der Waals surface area contributed by atoms with Crippen LogP contribution in [-0.2, 0) is 36.5 Å². The third kappa shape index (κ3) is 14.9. The van der Waals surface area contributed by atoms with Crippen LogP contribution in [0.3, 0.4) is 0 Å². The van der Waals surface area contributed by atoms with Crippen LogP contribution in [0.15, 0.2) is 107 Å². The smallest absolute Gasteiger partial charge is 0.399 e. The molecular formula is C45H50BBr2N13O5S2. The van der Waals surface area contributed by atoms with Gasteiger partial charge in [0.05, 0.1) is 29.8 Å². The highest BCUT2D eigenvalue weighted by Gasteiger charge is 2.51. The molecule has 3 amide bonds. The summed E-state index contributed by atoms with van der Waals surface area (Å²) in [5, 5.41) is 3.01. The van der Waals surface area contributed by atoms with E-state index >= 15 is 0 Å². The van der Waals surface area contributed by atoms with Gasteiger partial charge in [-0.3, -0.25) is 14.4 Å². The van der Waals surface area contributed by atoms with Crippen molar-refractivity contribution in [1.82, 2.24) is 39.9 Å². The second kappa shape index (κ2) is 23.7. The van der Waals surface area contributed by atoms with E-state index in [1.807, 2.05) is 82.4 Å². The van der Waals surface area contributed by atoms with E-state index < -0.39 is 0 Å². The first-order valence-electron chi connectivity index (χ1n) is 20.6. The number of amides is 3. The Bertz CT molecular complexity index is 3020. The molecule has 0 aromatic carbocycles. The Balaban J connectivity index is 0.000000164. The zero-order valence-corrected chi connectivity index (χ0v) is 42.5. The van der Waals surface area contributed by atoms with Gasteiger partial charge in [0.1, 0.15) is 28.6 Å². The van der Waals surface area contributed by atoms with Gasteiger partial charge in [0.15, 0.2) is 0 Å². The van der Waals surface area contributed by atoms with E-state index in [2.05, 4.69) is 83.9 Å². The number of fused-ring (bicyclic) bond motifs is 3. The average Bonchev–Trinajstić information content (AvgIpc) is 4.05. The second-order valence-corrected chi connectivity index (χ2v) is 19.7. The molecule has 0 radical (unpaired) electrons. The van der Waals surface area contributed by atoms with Crippen LogP contribution >= 0.6 is 55.8 Å². The summed E-state index contributed by atoms with van der Waals surface area (Å²) in [5.41, 5.74) is 32.6. The average molecular weight is 1090 g/mol. The summed E-state index contributed by atoms with van der Waals surface area (Å²) >= 11 is 12.8. The number of carbonyl (C=O) groups is 3. The molecule has 8 aromatic rings. The summed E-state index contributed by atoms with van der Waals surface area (Å²) in [6.45, 7) is 9.87. The molecule has 9 rings (SSSR count). The number of primary amides is 3. The number of nitrogen functional groups attached to an aromatic ring is 2. The van der Waals surface area contributed by atoms with Crippen molar-refractivity contribution >= 4 is 135 Å². The topological polar surface area (TPSA) is 312 Å². The van der Waals surface area contributed by atoms with Crippen LogP contribution in [0, 0.1) is 0 Å². The summed E-state index contributed by atoms with van der Waals surface area (Å²) in [6.07, 6.45) is 10.7. The number of rotatable bonds is 8. The number of thiocarbonyl (C=S) groups is 1. The summed E-state index contributed by atoms with van der Waals surface area (Å²) in [5.74, 6) is 0.181. The van der Waals surface area contributed by atoms with E-state index in [-0.39, 0.29) is 48.9 Å². The van der Waals surface area contributed by atoms with Gasteiger partial charge in [-0.1, -0.05) is 12.2 Å². The van der Waals surface area contributed by atoms with Gasteiger partial charge in [0.25, 0.3) is 0 Å². The van der Waals surface area contributed by atoms with Crippen molar-refractivity contribution in [3.05, 3.63) is 118 Å². The maximum atomic E-state index is 11.0. The van der Waals surface area contributed by atoms with Gasteiger partial charge < -0.3 is 52.9 Å². The molecule has 0 spiro atoms. The summed E-state index contributed by atoms with van der Waals surface area (Å²) in [6, 6.07) is 18.8. The van der Waals surface area contributed by atoms with Crippen molar-refractivity contribution < 1.29 is 23.7 Å². The number of pyridine rings is 5. The molecule has 1 saturated heterocycles. The highest BCUT2D eigenvalue weighted by atomic mass is 79.9. The van der Waals surface area contributed by atoms with Crippen LogP contribution in [0.1, 0.15) is 46.0 Å². The number of hydrogen-bond donors (Lipinski definition) is 8. The molecule has 0 aliphatic carbocycles. The molecule has 8 aromatic heterocycles. The van der Waals surface area contributed by atoms with Gasteiger partial charge in [-0.25, -0.2) is 24.9 Å². The molecule has 18 nitrogen and oxygen atoms in total. The minimum absolute atomic E-state index is 0.161. The number of nitrogens with one attached hydrogen (secondary N) is 3. The van der Waals surface area contributed by atoms with Crippen LogP contribution in [0.4, 0.5) is 11.6 Å². The van der Waals surface area contributed by atoms with E-state index in [0.29, 0.717) is 23.0 Å². The third-order valence-electron chi connectivity index (χ3n) is 10.1. The van der Waals surface area contributed by atoms with Gasteiger partial charge in [0, 0.05) is 77.9 Å². The van der Waals surface area contributed by atoms with Crippen molar-refractivity contribution in [2.75, 3.05) is 17.2 Å². The van der Waals surface area contributed by atoms with E-state index in [0.717, 1.165) is 68.6 Å². The van der Waals surface area contributed by atoms with Gasteiger partial charge in [0.2, 0.25) is 17.7 Å². The number of halogens is 2. The van der Waals surface area contributed by atoms with Gasteiger partial charge in [-0.05, 0) is 144 Å². The summed E-state index contributed by atoms with van der Waals surface area (Å²) in [7, 11) is -0.365. The van der Waals surface area contributed by atoms with E-state index in [4.69, 9.17) is 38.0 Å². The lowest BCUT2D eigenvalue weighted by atomic mass is 9.80. The number of carbonyl (C=O) groups excluding carboxylic acids is 3. The Morgan fingerprint density at radius 2 is 1.16 bits per heavy atom. The van der Waals surface area contributed by atoms with Gasteiger partial charge in [-0.15, -0.1) is 11.8 Å². The largest absolute Gasteiger partial charge is 0.495 e. The fourth-order valence-corrected chi connectivity index (χ4v) is 7.64. The second-order valence-electron chi connectivity index (χ2n) is 15.9. The summed E-state index contributed by atoms with van der Waals surface area (Å²) < 4.78 is 14.6. The molecule has 1 aliphatic rings. The van der Waals surface area contributed by atoms with Crippen molar-refractivity contribution in [3.63, 3.8) is 0 Å². The molecule has 354 valence electrons. The number of aromatic nitrogens is 8. The first-order chi connectivity index (χ1) is 32.1. The minimum Gasteiger partial charge on any atom is -0.399 e. The number of aromatic amines is 3. The van der Waals surface area contributed by atoms with Crippen LogP contribution in [0.5, 0.6) is 0 Å². The fraction of sp³-hybridized carbons (Fsp3) is 0.222. The number of thioether (sulfide) groups is 1. The molecule has 1 aliphatic heterocycles. The molecule has 13 N–H and O–H groups in total. The molecule has 0 unspecified atom stereocenters. The SMILES string of the molecule is Brc1ccnc2[nH]ccc12.CC(=S)SCC(N)=O.CC1(C)OB(c2ccnc(N)c2)OC1(C)C.NC(=O)Cc1cc2c(-c3ccnc(N)c3)ccnc2[nH]1.NC(=O)Cc1cc2c(Br)ccnc2[nH]1. The lowest BCUT2D eigenvalue weighted by Crippen LogP contribution is -2.41. The Hall–Kier alpha value is -6.24. The molecule has 9 heterocycles. The van der Waals surface area contributed by atoms with Gasteiger partial charge in [-0.2, -0.15) is 0 Å². The molecule has 0 saturated carbocycles. The predicted molar refractivity (Wildman–Crippen MR) is 281 cm³/mol. The molecule has 1 fully saturated rings. The number of nitrogens with two attached hydrogens (primary N) is 5. The number of nitrogens with zero attached hydrogens (tertiary/aromatic N) is 5. The van der Waals surface area contributed by atoms with E-state index in [1.54, 1.807) is 50.0 Å². The quantitative estimate of drug-likeness (QED) is 0.0601. The lowest BCUT2D eigenvalue weighted by Gasteiger charge is -2.32. The fourth-order valence-electron chi connectivity index (χ4n) is 6.26. The first kappa shape index (κ1) is 52.7. The Kier molecular flexibility index (Phi) is 18.4. The normalized spacial score (nSPS) is 13.2. The lowest BCUT2D eigenvalue weighted by molar-refractivity contribution is -0.118. The predicted octanol–water partition coefficient (Wildman–Crippen LogP) is 6.43. The molecule has 0 bridgehead atoms. The summed E-state index contributed by atoms with van der Waals surface area (Å²) in [4.78, 5) is 61.3. The molecule has 23 heteroatoms. The number of anilines is 2. The standard InChI is InChI=1S/C14H13N5O.C11H17BN2O2.C9H8BrN3O.C7H5BrN2.C4H7NOS2/c15-12-5-8(1-3-17-12)10-2-4-18-14-11(10)6-9(19-14)7-13(16)20;1-10(2)11(3,4)16-12(15-10)8-5-6-14-9(13)7-8;10-7-1-2-12-9-6(7)3-5(13-9)4-8(11)14;8-6-2-4-10-7-5(6)1-3-9-7;1-3(7)8-2-4(5)6/h1-6H,7H2,(H2,15,17)(H2,16,20)(H,18,19);5-7H,1-4H3,(H2,13,14);1-3H,4H2,(H2,11,14)(H,12,13);1-4H,(H,9,10);2H2,1H3,(H2,5,6).